The maximum absolute atomic E-state index is 12.4. The summed E-state index contributed by atoms with van der Waals surface area (Å²) in [4.78, 5) is 17.1. The monoisotopic (exact) mass is 368 g/mol. The zero-order valence-electron chi connectivity index (χ0n) is 13.9. The summed E-state index contributed by atoms with van der Waals surface area (Å²) in [6.07, 6.45) is 3.27. The van der Waals surface area contributed by atoms with E-state index >= 15 is 0 Å². The first kappa shape index (κ1) is 16.7. The van der Waals surface area contributed by atoms with Gasteiger partial charge in [0.15, 0.2) is 0 Å². The third-order valence-electron chi connectivity index (χ3n) is 4.59. The molecule has 2 aromatic carbocycles. The van der Waals surface area contributed by atoms with Crippen molar-refractivity contribution < 1.29 is 4.79 Å². The van der Waals surface area contributed by atoms with E-state index in [1.165, 1.54) is 28.5 Å². The number of rotatable bonds is 3. The number of carbonyl (C=O) groups is 1. The van der Waals surface area contributed by atoms with Crippen molar-refractivity contribution in [3.05, 3.63) is 65.2 Å². The van der Waals surface area contributed by atoms with Crippen LogP contribution in [0.3, 0.4) is 0 Å². The maximum atomic E-state index is 12.4. The quantitative estimate of drug-likeness (QED) is 0.842. The Morgan fingerprint density at radius 1 is 1.16 bits per heavy atom. The number of nitrogens with zero attached hydrogens (tertiary/aromatic N) is 1. The number of fused-ring (bicyclic) bond motifs is 2. The fourth-order valence-corrected chi connectivity index (χ4v) is 5.23. The van der Waals surface area contributed by atoms with Gasteiger partial charge in [-0.1, -0.05) is 66.0 Å². The maximum Gasteiger partial charge on any atom is 0.230 e. The SMILES string of the molecule is O=C(CSC1=Nc2ccccc2CS1)N[C@@H]1CCCc2ccccc21. The average Bonchev–Trinajstić information content (AvgIpc) is 2.66. The van der Waals surface area contributed by atoms with E-state index in [2.05, 4.69) is 40.6 Å². The molecule has 1 aliphatic heterocycles. The van der Waals surface area contributed by atoms with Gasteiger partial charge in [-0.15, -0.1) is 0 Å². The highest BCUT2D eigenvalue weighted by Crippen LogP contribution is 2.34. The first-order chi connectivity index (χ1) is 12.3. The van der Waals surface area contributed by atoms with Crippen LogP contribution in [0, 0.1) is 0 Å². The molecule has 4 rings (SSSR count). The van der Waals surface area contributed by atoms with E-state index < -0.39 is 0 Å². The molecule has 0 bridgehead atoms. The summed E-state index contributed by atoms with van der Waals surface area (Å²) < 4.78 is 0.984. The van der Waals surface area contributed by atoms with E-state index in [4.69, 9.17) is 0 Å². The molecular formula is C20H20N2OS2. The van der Waals surface area contributed by atoms with Crippen molar-refractivity contribution in [3.63, 3.8) is 0 Å². The van der Waals surface area contributed by atoms with Crippen LogP contribution in [0.25, 0.3) is 0 Å². The highest BCUT2D eigenvalue weighted by Gasteiger charge is 2.22. The van der Waals surface area contributed by atoms with Crippen LogP contribution in [0.2, 0.25) is 0 Å². The summed E-state index contributed by atoms with van der Waals surface area (Å²) in [7, 11) is 0. The Kier molecular flexibility index (Phi) is 5.13. The number of carbonyl (C=O) groups excluding carboxylic acids is 1. The molecule has 0 unspecified atom stereocenters. The summed E-state index contributed by atoms with van der Waals surface area (Å²) in [6, 6.07) is 16.8. The van der Waals surface area contributed by atoms with Crippen LogP contribution in [0.15, 0.2) is 53.5 Å². The van der Waals surface area contributed by atoms with Gasteiger partial charge < -0.3 is 5.32 Å². The molecule has 0 fully saturated rings. The first-order valence-electron chi connectivity index (χ1n) is 8.59. The minimum absolute atomic E-state index is 0.0915. The molecule has 0 spiro atoms. The van der Waals surface area contributed by atoms with Crippen LogP contribution in [0.1, 0.15) is 35.6 Å². The number of thioether (sulfide) groups is 2. The van der Waals surface area contributed by atoms with Crippen molar-refractivity contribution in [1.29, 1.82) is 0 Å². The van der Waals surface area contributed by atoms with Crippen LogP contribution in [0.5, 0.6) is 0 Å². The molecule has 25 heavy (non-hydrogen) atoms. The number of aliphatic imine (C=N–C) groups is 1. The van der Waals surface area contributed by atoms with Gasteiger partial charge in [0.05, 0.1) is 17.5 Å². The Hall–Kier alpha value is -1.72. The van der Waals surface area contributed by atoms with E-state index in [9.17, 15) is 4.79 Å². The van der Waals surface area contributed by atoms with E-state index in [1.54, 1.807) is 11.8 Å². The molecule has 128 valence electrons. The molecule has 0 radical (unpaired) electrons. The first-order valence-corrected chi connectivity index (χ1v) is 10.6. The molecule has 1 amide bonds. The Balaban J connectivity index is 1.36. The Morgan fingerprint density at radius 3 is 2.88 bits per heavy atom. The van der Waals surface area contributed by atoms with Crippen molar-refractivity contribution in [2.45, 2.75) is 31.1 Å². The highest BCUT2D eigenvalue weighted by molar-refractivity contribution is 8.38. The summed E-state index contributed by atoms with van der Waals surface area (Å²) in [5.41, 5.74) is 4.95. The second-order valence-corrected chi connectivity index (χ2v) is 8.48. The molecule has 1 heterocycles. The van der Waals surface area contributed by atoms with Gasteiger partial charge in [0.25, 0.3) is 0 Å². The molecule has 2 aromatic rings. The molecule has 3 nitrogen and oxygen atoms in total. The third-order valence-corrected chi connectivity index (χ3v) is 6.83. The van der Waals surface area contributed by atoms with Gasteiger partial charge in [-0.2, -0.15) is 0 Å². The number of nitrogens with one attached hydrogen (secondary N) is 1. The zero-order chi connectivity index (χ0) is 17.1. The number of aryl methyl sites for hydroxylation is 1. The summed E-state index contributed by atoms with van der Waals surface area (Å²) in [5, 5.41) is 3.21. The van der Waals surface area contributed by atoms with Gasteiger partial charge in [0, 0.05) is 5.75 Å². The van der Waals surface area contributed by atoms with Gasteiger partial charge in [-0.3, -0.25) is 4.79 Å². The van der Waals surface area contributed by atoms with E-state index in [-0.39, 0.29) is 11.9 Å². The molecule has 0 aromatic heterocycles. The Morgan fingerprint density at radius 2 is 1.96 bits per heavy atom. The molecule has 1 aliphatic carbocycles. The molecular weight excluding hydrogens is 348 g/mol. The lowest BCUT2D eigenvalue weighted by Gasteiger charge is -2.26. The molecule has 1 atom stereocenters. The molecule has 5 heteroatoms. The smallest absolute Gasteiger partial charge is 0.230 e. The van der Waals surface area contributed by atoms with E-state index in [1.807, 2.05) is 18.2 Å². The summed E-state index contributed by atoms with van der Waals surface area (Å²) in [5.74, 6) is 1.45. The standard InChI is InChI=1S/C20H20N2OS2/c23-19(21-18-11-5-8-14-6-1-3-9-16(14)18)13-25-20-22-17-10-4-2-7-15(17)12-24-20/h1-4,6-7,9-10,18H,5,8,11-13H2,(H,21,23)/t18-/m1/s1. The lowest BCUT2D eigenvalue weighted by Crippen LogP contribution is -2.32. The summed E-state index contributed by atoms with van der Waals surface area (Å²) in [6.45, 7) is 0. The number of para-hydroxylation sites is 1. The van der Waals surface area contributed by atoms with Crippen LogP contribution in [-0.4, -0.2) is 16.0 Å². The lowest BCUT2D eigenvalue weighted by atomic mass is 9.88. The molecule has 1 N–H and O–H groups in total. The van der Waals surface area contributed by atoms with Crippen LogP contribution >= 0.6 is 23.5 Å². The third kappa shape index (κ3) is 3.93. The Labute approximate surface area is 156 Å². The van der Waals surface area contributed by atoms with E-state index in [0.717, 1.165) is 35.1 Å². The van der Waals surface area contributed by atoms with Crippen molar-refractivity contribution in [2.75, 3.05) is 5.75 Å². The van der Waals surface area contributed by atoms with E-state index in [0.29, 0.717) is 5.75 Å². The minimum atomic E-state index is 0.0915. The zero-order valence-corrected chi connectivity index (χ0v) is 15.5. The second-order valence-electron chi connectivity index (χ2n) is 6.29. The topological polar surface area (TPSA) is 41.5 Å². The van der Waals surface area contributed by atoms with Crippen LogP contribution in [-0.2, 0) is 17.0 Å². The number of benzene rings is 2. The predicted octanol–water partition coefficient (Wildman–Crippen LogP) is 4.85. The van der Waals surface area contributed by atoms with Crippen LogP contribution < -0.4 is 5.32 Å². The second kappa shape index (κ2) is 7.67. The van der Waals surface area contributed by atoms with Crippen molar-refractivity contribution in [3.8, 4) is 0 Å². The number of hydrogen-bond donors (Lipinski definition) is 1. The van der Waals surface area contributed by atoms with Crippen LogP contribution in [0.4, 0.5) is 5.69 Å². The predicted molar refractivity (Wildman–Crippen MR) is 108 cm³/mol. The number of hydrogen-bond acceptors (Lipinski definition) is 4. The minimum Gasteiger partial charge on any atom is -0.349 e. The van der Waals surface area contributed by atoms with Gasteiger partial charge >= 0.3 is 0 Å². The fraction of sp³-hybridized carbons (Fsp3) is 0.300. The van der Waals surface area contributed by atoms with Gasteiger partial charge in [-0.05, 0) is 42.0 Å². The van der Waals surface area contributed by atoms with Crippen molar-refractivity contribution >= 4 is 39.5 Å². The van der Waals surface area contributed by atoms with Gasteiger partial charge in [-0.25, -0.2) is 4.99 Å². The molecule has 0 saturated carbocycles. The lowest BCUT2D eigenvalue weighted by molar-refractivity contribution is -0.119. The molecule has 0 saturated heterocycles. The fourth-order valence-electron chi connectivity index (χ4n) is 3.35. The largest absolute Gasteiger partial charge is 0.349 e. The average molecular weight is 369 g/mol. The van der Waals surface area contributed by atoms with Crippen molar-refractivity contribution in [1.82, 2.24) is 5.32 Å². The van der Waals surface area contributed by atoms with Gasteiger partial charge in [0.2, 0.25) is 5.91 Å². The van der Waals surface area contributed by atoms with Crippen molar-refractivity contribution in [2.24, 2.45) is 4.99 Å². The summed E-state index contributed by atoms with van der Waals surface area (Å²) >= 11 is 3.26. The highest BCUT2D eigenvalue weighted by atomic mass is 32.2. The molecule has 2 aliphatic rings. The van der Waals surface area contributed by atoms with Gasteiger partial charge in [0.1, 0.15) is 4.38 Å². The number of amides is 1. The Bertz CT molecular complexity index is 819. The normalized spacial score (nSPS) is 18.7.